The molecule has 4 rings (SSSR count). The minimum atomic E-state index is 0.359. The summed E-state index contributed by atoms with van der Waals surface area (Å²) in [7, 11) is 0. The molecule has 0 aromatic rings. The van der Waals surface area contributed by atoms with E-state index in [0.29, 0.717) is 24.0 Å². The smallest absolute Gasteiger partial charge is 0.302 e. The number of rotatable bonds is 0. The molecule has 4 fully saturated rings. The van der Waals surface area contributed by atoms with Crippen LogP contribution in [0.4, 0.5) is 0 Å². The molecule has 3 heteroatoms. The highest BCUT2D eigenvalue weighted by Crippen LogP contribution is 2.63. The summed E-state index contributed by atoms with van der Waals surface area (Å²) in [5.41, 5.74) is 0.932. The Morgan fingerprint density at radius 1 is 1.21 bits per heavy atom. The van der Waals surface area contributed by atoms with Crippen molar-refractivity contribution in [1.29, 1.82) is 0 Å². The Hall–Kier alpha value is -0.0151. The molecule has 4 atom stereocenters. The Labute approximate surface area is 87.3 Å². The summed E-state index contributed by atoms with van der Waals surface area (Å²) in [6.45, 7) is 10.1. The molecule has 0 spiro atoms. The fourth-order valence-electron chi connectivity index (χ4n) is 4.46. The monoisotopic (exact) mass is 192 g/mol. The first-order valence-electron chi connectivity index (χ1n) is 5.98. The van der Waals surface area contributed by atoms with Crippen LogP contribution < -0.4 is 10.5 Å². The van der Waals surface area contributed by atoms with Crippen LogP contribution in [0.2, 0.25) is 6.82 Å². The van der Waals surface area contributed by atoms with E-state index in [2.05, 4.69) is 38.0 Å². The standard InChI is InChI=1S/C11H21BN2/c1-10(2)7-5-8(10)11(3)9(6-7)13-12(4)14-11/h7-9,13-14H,5-6H2,1-4H3/t7-,8?,9?,11?/m0/s1. The molecule has 3 saturated carbocycles. The van der Waals surface area contributed by atoms with Gasteiger partial charge in [-0.15, -0.1) is 0 Å². The van der Waals surface area contributed by atoms with Gasteiger partial charge in [0.2, 0.25) is 0 Å². The van der Waals surface area contributed by atoms with E-state index in [1.165, 1.54) is 12.8 Å². The van der Waals surface area contributed by atoms with Crippen LogP contribution in [0.5, 0.6) is 0 Å². The van der Waals surface area contributed by atoms with Crippen molar-refractivity contribution in [1.82, 2.24) is 10.5 Å². The normalized spacial score (nSPS) is 54.0. The van der Waals surface area contributed by atoms with Crippen molar-refractivity contribution in [2.24, 2.45) is 17.3 Å². The largest absolute Gasteiger partial charge is 0.338 e. The zero-order chi connectivity index (χ0) is 10.1. The number of hydrogen-bond donors (Lipinski definition) is 2. The minimum Gasteiger partial charge on any atom is -0.338 e. The highest BCUT2D eigenvalue weighted by atomic mass is 15.2. The van der Waals surface area contributed by atoms with Crippen molar-refractivity contribution < 1.29 is 0 Å². The molecule has 14 heavy (non-hydrogen) atoms. The van der Waals surface area contributed by atoms with Gasteiger partial charge in [0.05, 0.1) is 0 Å². The van der Waals surface area contributed by atoms with Gasteiger partial charge in [0, 0.05) is 11.6 Å². The summed E-state index contributed by atoms with van der Waals surface area (Å²) in [6.07, 6.45) is 2.82. The first-order chi connectivity index (χ1) is 6.44. The quantitative estimate of drug-likeness (QED) is 0.568. The Bertz CT molecular complexity index is 278. The van der Waals surface area contributed by atoms with E-state index < -0.39 is 0 Å². The lowest BCUT2D eigenvalue weighted by Gasteiger charge is -2.65. The van der Waals surface area contributed by atoms with Gasteiger partial charge in [0.1, 0.15) is 0 Å². The van der Waals surface area contributed by atoms with Crippen molar-refractivity contribution in [2.75, 3.05) is 0 Å². The zero-order valence-corrected chi connectivity index (χ0v) is 9.72. The molecule has 0 aromatic carbocycles. The van der Waals surface area contributed by atoms with Crippen molar-refractivity contribution in [3.05, 3.63) is 0 Å². The van der Waals surface area contributed by atoms with Gasteiger partial charge >= 0.3 is 6.98 Å². The molecule has 0 amide bonds. The number of nitrogens with one attached hydrogen (secondary N) is 2. The Morgan fingerprint density at radius 2 is 1.93 bits per heavy atom. The SMILES string of the molecule is CB1NC2C[C@@H]3CC(C2(C)N1)C3(C)C. The summed E-state index contributed by atoms with van der Waals surface area (Å²) >= 11 is 0. The van der Waals surface area contributed by atoms with E-state index in [-0.39, 0.29) is 0 Å². The molecule has 0 aromatic heterocycles. The van der Waals surface area contributed by atoms with Gasteiger partial charge in [0.25, 0.3) is 0 Å². The Morgan fingerprint density at radius 3 is 2.57 bits per heavy atom. The second-order valence-electron chi connectivity index (χ2n) is 6.41. The summed E-state index contributed by atoms with van der Waals surface area (Å²) in [4.78, 5) is 0. The predicted octanol–water partition coefficient (Wildman–Crippen LogP) is 1.49. The molecular formula is C11H21BN2. The van der Waals surface area contributed by atoms with Crippen LogP contribution in [0, 0.1) is 17.3 Å². The predicted molar refractivity (Wildman–Crippen MR) is 60.1 cm³/mol. The van der Waals surface area contributed by atoms with Crippen LogP contribution in [0.15, 0.2) is 0 Å². The molecule has 3 aliphatic carbocycles. The fraction of sp³-hybridized carbons (Fsp3) is 1.00. The van der Waals surface area contributed by atoms with Crippen molar-refractivity contribution >= 4 is 6.98 Å². The molecule has 1 saturated heterocycles. The molecule has 78 valence electrons. The van der Waals surface area contributed by atoms with Crippen LogP contribution in [0.1, 0.15) is 33.6 Å². The van der Waals surface area contributed by atoms with Gasteiger partial charge in [-0.05, 0) is 37.0 Å². The lowest BCUT2D eigenvalue weighted by Crippen LogP contribution is -2.69. The van der Waals surface area contributed by atoms with Crippen molar-refractivity contribution in [3.8, 4) is 0 Å². The van der Waals surface area contributed by atoms with Gasteiger partial charge in [-0.1, -0.05) is 20.7 Å². The highest BCUT2D eigenvalue weighted by molar-refractivity contribution is 6.53. The zero-order valence-electron chi connectivity index (χ0n) is 9.72. The highest BCUT2D eigenvalue weighted by Gasteiger charge is 2.65. The summed E-state index contributed by atoms with van der Waals surface area (Å²) in [6, 6.07) is 0.717. The average Bonchev–Trinajstić information content (AvgIpc) is 2.37. The molecule has 2 nitrogen and oxygen atoms in total. The molecule has 4 aliphatic rings. The third-order valence-electron chi connectivity index (χ3n) is 5.42. The van der Waals surface area contributed by atoms with Gasteiger partial charge in [-0.2, -0.15) is 0 Å². The lowest BCUT2D eigenvalue weighted by atomic mass is 9.42. The van der Waals surface area contributed by atoms with E-state index in [9.17, 15) is 0 Å². The van der Waals surface area contributed by atoms with E-state index in [1.807, 2.05) is 0 Å². The van der Waals surface area contributed by atoms with Crippen LogP contribution in [-0.2, 0) is 0 Å². The molecule has 1 aliphatic heterocycles. The van der Waals surface area contributed by atoms with Gasteiger partial charge in [-0.3, -0.25) is 0 Å². The van der Waals surface area contributed by atoms with Gasteiger partial charge in [0.15, 0.2) is 0 Å². The van der Waals surface area contributed by atoms with E-state index in [4.69, 9.17) is 0 Å². The van der Waals surface area contributed by atoms with E-state index in [0.717, 1.165) is 11.8 Å². The minimum absolute atomic E-state index is 0.359. The van der Waals surface area contributed by atoms with Gasteiger partial charge < -0.3 is 10.5 Å². The lowest BCUT2D eigenvalue weighted by molar-refractivity contribution is -0.123. The van der Waals surface area contributed by atoms with Crippen molar-refractivity contribution in [3.63, 3.8) is 0 Å². The van der Waals surface area contributed by atoms with Crippen LogP contribution >= 0.6 is 0 Å². The third kappa shape index (κ3) is 0.861. The van der Waals surface area contributed by atoms with Crippen molar-refractivity contribution in [2.45, 2.75) is 52.0 Å². The molecule has 1 heterocycles. The third-order valence-corrected chi connectivity index (χ3v) is 5.42. The van der Waals surface area contributed by atoms with Crippen LogP contribution in [0.3, 0.4) is 0 Å². The summed E-state index contributed by atoms with van der Waals surface area (Å²) < 4.78 is 0. The molecule has 2 N–H and O–H groups in total. The first kappa shape index (κ1) is 9.23. The maximum absolute atomic E-state index is 3.76. The second kappa shape index (κ2) is 2.38. The Balaban J connectivity index is 1.95. The topological polar surface area (TPSA) is 24.1 Å². The fourth-order valence-corrected chi connectivity index (χ4v) is 4.46. The first-order valence-corrected chi connectivity index (χ1v) is 5.98. The second-order valence-corrected chi connectivity index (χ2v) is 6.41. The maximum Gasteiger partial charge on any atom is 0.302 e. The molecule has 0 radical (unpaired) electrons. The summed E-state index contributed by atoms with van der Waals surface area (Å²) in [5, 5.41) is 7.45. The average molecular weight is 192 g/mol. The molecule has 3 unspecified atom stereocenters. The van der Waals surface area contributed by atoms with Crippen LogP contribution in [-0.4, -0.2) is 18.6 Å². The van der Waals surface area contributed by atoms with Gasteiger partial charge in [-0.25, -0.2) is 0 Å². The summed E-state index contributed by atoms with van der Waals surface area (Å²) in [5.74, 6) is 1.83. The molecule has 2 bridgehead atoms. The Kier molecular flexibility index (Phi) is 1.57. The molecular weight excluding hydrogens is 171 g/mol. The van der Waals surface area contributed by atoms with E-state index >= 15 is 0 Å². The maximum atomic E-state index is 3.76. The number of hydrogen-bond acceptors (Lipinski definition) is 2. The van der Waals surface area contributed by atoms with E-state index in [1.54, 1.807) is 0 Å². The van der Waals surface area contributed by atoms with Crippen LogP contribution in [0.25, 0.3) is 0 Å².